The lowest BCUT2D eigenvalue weighted by Gasteiger charge is -2.33. The van der Waals surface area contributed by atoms with Crippen LogP contribution in [-0.2, 0) is 4.74 Å². The average molecular weight is 334 g/mol. The van der Waals surface area contributed by atoms with Crippen LogP contribution in [0.4, 0.5) is 4.79 Å². The van der Waals surface area contributed by atoms with E-state index in [0.29, 0.717) is 5.25 Å². The van der Waals surface area contributed by atoms with Crippen molar-refractivity contribution in [3.05, 3.63) is 24.5 Å². The van der Waals surface area contributed by atoms with Gasteiger partial charge in [-0.1, -0.05) is 0 Å². The van der Waals surface area contributed by atoms with Gasteiger partial charge >= 0.3 is 6.09 Å². The van der Waals surface area contributed by atoms with Crippen molar-refractivity contribution < 1.29 is 9.53 Å². The molecule has 0 aromatic carbocycles. The number of aromatic nitrogens is 3. The minimum Gasteiger partial charge on any atom is -0.444 e. The zero-order valence-electron chi connectivity index (χ0n) is 13.7. The van der Waals surface area contributed by atoms with Crippen molar-refractivity contribution in [2.24, 2.45) is 0 Å². The maximum atomic E-state index is 12.1. The van der Waals surface area contributed by atoms with Gasteiger partial charge in [-0.15, -0.1) is 11.8 Å². The molecule has 0 radical (unpaired) electrons. The molecule has 2 aromatic heterocycles. The summed E-state index contributed by atoms with van der Waals surface area (Å²) < 4.78 is 7.22. The Bertz CT molecular complexity index is 687. The molecule has 1 amide bonds. The number of amides is 1. The van der Waals surface area contributed by atoms with Crippen LogP contribution in [-0.4, -0.2) is 49.5 Å². The number of hydrogen-bond acceptors (Lipinski definition) is 5. The first-order valence-corrected chi connectivity index (χ1v) is 8.74. The summed E-state index contributed by atoms with van der Waals surface area (Å²) in [6.07, 6.45) is 5.29. The monoisotopic (exact) mass is 334 g/mol. The zero-order chi connectivity index (χ0) is 16.4. The van der Waals surface area contributed by atoms with Crippen molar-refractivity contribution in [1.82, 2.24) is 19.5 Å². The number of thioether (sulfide) groups is 1. The van der Waals surface area contributed by atoms with Crippen molar-refractivity contribution in [2.75, 3.05) is 13.1 Å². The van der Waals surface area contributed by atoms with Crippen LogP contribution in [0.15, 0.2) is 29.6 Å². The minimum atomic E-state index is -0.438. The Morgan fingerprint density at radius 2 is 2.04 bits per heavy atom. The number of ether oxygens (including phenoxy) is 1. The molecule has 0 N–H and O–H groups in total. The fourth-order valence-corrected chi connectivity index (χ4v) is 3.58. The molecule has 7 heteroatoms. The van der Waals surface area contributed by atoms with E-state index in [1.54, 1.807) is 27.4 Å². The average Bonchev–Trinajstić information content (AvgIpc) is 2.94. The first kappa shape index (κ1) is 16.1. The Morgan fingerprint density at radius 3 is 2.74 bits per heavy atom. The third kappa shape index (κ3) is 4.16. The molecule has 0 saturated carbocycles. The van der Waals surface area contributed by atoms with E-state index in [1.165, 1.54) is 0 Å². The molecule has 3 heterocycles. The van der Waals surface area contributed by atoms with Gasteiger partial charge in [0.05, 0.1) is 0 Å². The fraction of sp³-hybridized carbons (Fsp3) is 0.562. The molecule has 23 heavy (non-hydrogen) atoms. The number of hydrogen-bond donors (Lipinski definition) is 0. The van der Waals surface area contributed by atoms with Crippen molar-refractivity contribution in [2.45, 2.75) is 49.5 Å². The first-order chi connectivity index (χ1) is 10.9. The van der Waals surface area contributed by atoms with Crippen molar-refractivity contribution in [3.8, 4) is 0 Å². The zero-order valence-corrected chi connectivity index (χ0v) is 14.5. The lowest BCUT2D eigenvalue weighted by Crippen LogP contribution is -2.42. The van der Waals surface area contributed by atoms with Crippen LogP contribution in [0.1, 0.15) is 33.6 Å². The Morgan fingerprint density at radius 1 is 1.30 bits per heavy atom. The van der Waals surface area contributed by atoms with Crippen LogP contribution < -0.4 is 0 Å². The predicted octanol–water partition coefficient (Wildman–Crippen LogP) is 3.22. The summed E-state index contributed by atoms with van der Waals surface area (Å²) in [6, 6.07) is 3.98. The predicted molar refractivity (Wildman–Crippen MR) is 89.7 cm³/mol. The second-order valence-electron chi connectivity index (χ2n) is 6.69. The van der Waals surface area contributed by atoms with Gasteiger partial charge in [0.1, 0.15) is 10.6 Å². The molecule has 1 fully saturated rings. The molecule has 2 aromatic rings. The summed E-state index contributed by atoms with van der Waals surface area (Å²) in [5.74, 6) is 0. The maximum Gasteiger partial charge on any atom is 0.410 e. The Labute approximate surface area is 140 Å². The number of carbonyl (C=O) groups is 1. The summed E-state index contributed by atoms with van der Waals surface area (Å²) in [5, 5.41) is 6.01. The van der Waals surface area contributed by atoms with Gasteiger partial charge in [-0.2, -0.15) is 5.10 Å². The Kier molecular flexibility index (Phi) is 4.48. The highest BCUT2D eigenvalue weighted by Gasteiger charge is 2.27. The summed E-state index contributed by atoms with van der Waals surface area (Å²) in [6.45, 7) is 7.15. The summed E-state index contributed by atoms with van der Waals surface area (Å²) >= 11 is 1.77. The quantitative estimate of drug-likeness (QED) is 0.844. The van der Waals surface area contributed by atoms with E-state index in [0.717, 1.165) is 36.6 Å². The highest BCUT2D eigenvalue weighted by molar-refractivity contribution is 7.99. The molecular formula is C16H22N4O2S. The number of carbonyl (C=O) groups excluding carboxylic acids is 1. The van der Waals surface area contributed by atoms with Gasteiger partial charge in [0.15, 0.2) is 5.65 Å². The van der Waals surface area contributed by atoms with Crippen molar-refractivity contribution in [1.29, 1.82) is 0 Å². The van der Waals surface area contributed by atoms with Crippen LogP contribution >= 0.6 is 11.8 Å². The SMILES string of the molecule is CC(C)(C)OC(=O)N1CCC(Sc2ccc3nccn3n2)CC1. The van der Waals surface area contributed by atoms with E-state index in [-0.39, 0.29) is 6.09 Å². The normalized spacial score (nSPS) is 16.7. The van der Waals surface area contributed by atoms with Crippen molar-refractivity contribution in [3.63, 3.8) is 0 Å². The standard InChI is InChI=1S/C16H22N4O2S/c1-16(2,3)22-15(21)19-9-6-12(7-10-19)23-14-5-4-13-17-8-11-20(13)18-14/h4-5,8,11-12H,6-7,9-10H2,1-3H3. The first-order valence-electron chi connectivity index (χ1n) is 7.86. The highest BCUT2D eigenvalue weighted by atomic mass is 32.2. The van der Waals surface area contributed by atoms with Crippen LogP contribution in [0.3, 0.4) is 0 Å². The minimum absolute atomic E-state index is 0.209. The Balaban J connectivity index is 1.53. The van der Waals surface area contributed by atoms with E-state index < -0.39 is 5.60 Å². The molecule has 0 atom stereocenters. The van der Waals surface area contributed by atoms with Gasteiger partial charge in [0.2, 0.25) is 0 Å². The molecule has 1 saturated heterocycles. The topological polar surface area (TPSA) is 59.7 Å². The fourth-order valence-electron chi connectivity index (χ4n) is 2.51. The molecule has 1 aliphatic heterocycles. The summed E-state index contributed by atoms with van der Waals surface area (Å²) in [7, 11) is 0. The van der Waals surface area contributed by atoms with Gasteiger partial charge in [0.25, 0.3) is 0 Å². The molecule has 1 aliphatic rings. The molecule has 0 bridgehead atoms. The van der Waals surface area contributed by atoms with E-state index >= 15 is 0 Å². The van der Waals surface area contributed by atoms with Crippen LogP contribution in [0.25, 0.3) is 5.65 Å². The number of likely N-dealkylation sites (tertiary alicyclic amines) is 1. The summed E-state index contributed by atoms with van der Waals surface area (Å²) in [4.78, 5) is 18.1. The molecular weight excluding hydrogens is 312 g/mol. The van der Waals surface area contributed by atoms with Gasteiger partial charge in [-0.05, 0) is 45.7 Å². The van der Waals surface area contributed by atoms with Crippen LogP contribution in [0.5, 0.6) is 0 Å². The van der Waals surface area contributed by atoms with Gasteiger partial charge in [-0.3, -0.25) is 0 Å². The maximum absolute atomic E-state index is 12.1. The number of nitrogens with zero attached hydrogens (tertiary/aromatic N) is 4. The van der Waals surface area contributed by atoms with E-state index in [2.05, 4.69) is 10.1 Å². The van der Waals surface area contributed by atoms with E-state index in [1.807, 2.05) is 39.1 Å². The largest absolute Gasteiger partial charge is 0.444 e. The molecule has 0 spiro atoms. The van der Waals surface area contributed by atoms with Crippen LogP contribution in [0, 0.1) is 0 Å². The molecule has 6 nitrogen and oxygen atoms in total. The molecule has 0 unspecified atom stereocenters. The smallest absolute Gasteiger partial charge is 0.410 e. The number of fused-ring (bicyclic) bond motifs is 1. The van der Waals surface area contributed by atoms with E-state index in [9.17, 15) is 4.79 Å². The number of rotatable bonds is 2. The lowest BCUT2D eigenvalue weighted by atomic mass is 10.1. The molecule has 0 aliphatic carbocycles. The van der Waals surface area contributed by atoms with Crippen molar-refractivity contribution >= 4 is 23.5 Å². The van der Waals surface area contributed by atoms with Gasteiger partial charge in [-0.25, -0.2) is 14.3 Å². The highest BCUT2D eigenvalue weighted by Crippen LogP contribution is 2.29. The molecule has 3 rings (SSSR count). The molecule has 124 valence electrons. The second kappa shape index (κ2) is 6.39. The summed E-state index contributed by atoms with van der Waals surface area (Å²) in [5.41, 5.74) is 0.418. The van der Waals surface area contributed by atoms with E-state index in [4.69, 9.17) is 4.74 Å². The van der Waals surface area contributed by atoms with Gasteiger partial charge < -0.3 is 9.64 Å². The number of piperidine rings is 1. The van der Waals surface area contributed by atoms with Gasteiger partial charge in [0, 0.05) is 30.7 Å². The third-order valence-electron chi connectivity index (χ3n) is 3.61. The second-order valence-corrected chi connectivity index (χ2v) is 8.01. The third-order valence-corrected chi connectivity index (χ3v) is 4.88. The Hall–Kier alpha value is -1.76. The lowest BCUT2D eigenvalue weighted by molar-refractivity contribution is 0.0219. The van der Waals surface area contributed by atoms with Crippen LogP contribution in [0.2, 0.25) is 0 Å². The number of imidazole rings is 1.